The van der Waals surface area contributed by atoms with Crippen LogP contribution in [0.3, 0.4) is 0 Å². The van der Waals surface area contributed by atoms with E-state index < -0.39 is 0 Å². The van der Waals surface area contributed by atoms with Gasteiger partial charge in [0, 0.05) is 56.4 Å². The predicted octanol–water partition coefficient (Wildman–Crippen LogP) is 3.79. The molecule has 5 heteroatoms. The lowest BCUT2D eigenvalue weighted by atomic mass is 10.2. The zero-order chi connectivity index (χ0) is 18.4. The Balaban J connectivity index is 1.39. The van der Waals surface area contributed by atoms with E-state index in [9.17, 15) is 4.79 Å². The average Bonchev–Trinajstić information content (AvgIpc) is 2.65. The Morgan fingerprint density at radius 1 is 1.04 bits per heavy atom. The van der Waals surface area contributed by atoms with Gasteiger partial charge >= 0.3 is 0 Å². The largest absolute Gasteiger partial charge is 0.326 e. The molecule has 1 N–H and O–H groups in total. The highest BCUT2D eigenvalue weighted by Crippen LogP contribution is 2.20. The Morgan fingerprint density at radius 2 is 1.73 bits per heavy atom. The first kappa shape index (κ1) is 18.9. The van der Waals surface area contributed by atoms with E-state index in [2.05, 4.69) is 45.4 Å². The van der Waals surface area contributed by atoms with E-state index in [1.54, 1.807) is 6.07 Å². The van der Waals surface area contributed by atoms with Crippen LogP contribution in [0.25, 0.3) is 0 Å². The van der Waals surface area contributed by atoms with Crippen LogP contribution in [0.1, 0.15) is 17.5 Å². The van der Waals surface area contributed by atoms with Crippen LogP contribution in [0.4, 0.5) is 5.69 Å². The molecule has 0 atom stereocenters. The summed E-state index contributed by atoms with van der Waals surface area (Å²) in [6.07, 6.45) is 0.505. The molecule has 138 valence electrons. The number of nitrogens with one attached hydrogen (secondary N) is 1. The van der Waals surface area contributed by atoms with E-state index in [1.165, 1.54) is 5.56 Å². The summed E-state index contributed by atoms with van der Waals surface area (Å²) in [6, 6.07) is 16.1. The molecule has 0 aliphatic carbocycles. The third kappa shape index (κ3) is 5.56. The number of carbonyl (C=O) groups is 1. The molecule has 0 radical (unpaired) electrons. The fourth-order valence-corrected chi connectivity index (χ4v) is 3.39. The lowest BCUT2D eigenvalue weighted by Crippen LogP contribution is -2.46. The Hall–Kier alpha value is -1.88. The summed E-state index contributed by atoms with van der Waals surface area (Å²) in [6.45, 7) is 7.88. The summed E-state index contributed by atoms with van der Waals surface area (Å²) >= 11 is 6.01. The van der Waals surface area contributed by atoms with Crippen molar-refractivity contribution in [2.75, 3.05) is 38.0 Å². The number of nitrogens with zero attached hydrogens (tertiary/aromatic N) is 2. The van der Waals surface area contributed by atoms with Crippen LogP contribution in [0, 0.1) is 6.92 Å². The van der Waals surface area contributed by atoms with Gasteiger partial charge in [-0.2, -0.15) is 0 Å². The molecule has 0 saturated carbocycles. The molecule has 4 nitrogen and oxygen atoms in total. The second-order valence-electron chi connectivity index (χ2n) is 6.86. The van der Waals surface area contributed by atoms with Crippen molar-refractivity contribution in [2.45, 2.75) is 19.9 Å². The molecule has 1 aliphatic rings. The van der Waals surface area contributed by atoms with Gasteiger partial charge in [-0.05, 0) is 30.2 Å². The third-order valence-corrected chi connectivity index (χ3v) is 5.08. The van der Waals surface area contributed by atoms with Crippen molar-refractivity contribution < 1.29 is 4.79 Å². The van der Waals surface area contributed by atoms with Crippen molar-refractivity contribution in [1.82, 2.24) is 9.80 Å². The number of hydrogen-bond donors (Lipinski definition) is 1. The number of hydrogen-bond acceptors (Lipinski definition) is 3. The molecule has 0 unspecified atom stereocenters. The molecule has 1 saturated heterocycles. The van der Waals surface area contributed by atoms with Crippen LogP contribution in [0.2, 0.25) is 5.02 Å². The number of aryl methyl sites for hydroxylation is 1. The smallest absolute Gasteiger partial charge is 0.225 e. The molecule has 26 heavy (non-hydrogen) atoms. The van der Waals surface area contributed by atoms with E-state index in [0.717, 1.165) is 50.5 Å². The number of anilines is 1. The van der Waals surface area contributed by atoms with E-state index in [4.69, 9.17) is 11.6 Å². The standard InChI is InChI=1S/C21H26ClN3O/c1-17-7-8-19(22)15-20(17)23-21(26)9-10-24-11-13-25(14-12-24)16-18-5-3-2-4-6-18/h2-8,15H,9-14,16H2,1H3,(H,23,26). The highest BCUT2D eigenvalue weighted by molar-refractivity contribution is 6.31. The number of carbonyl (C=O) groups excluding carboxylic acids is 1. The fraction of sp³-hybridized carbons (Fsp3) is 0.381. The number of rotatable bonds is 6. The van der Waals surface area contributed by atoms with E-state index in [1.807, 2.05) is 19.1 Å². The number of benzene rings is 2. The Kier molecular flexibility index (Phi) is 6.67. The van der Waals surface area contributed by atoms with Gasteiger partial charge in [-0.3, -0.25) is 9.69 Å². The van der Waals surface area contributed by atoms with Gasteiger partial charge in [0.2, 0.25) is 5.91 Å². The first-order valence-corrected chi connectivity index (χ1v) is 9.52. The van der Waals surface area contributed by atoms with Crippen molar-refractivity contribution in [2.24, 2.45) is 0 Å². The molecule has 2 aromatic carbocycles. The molecule has 2 aromatic rings. The first-order valence-electron chi connectivity index (χ1n) is 9.15. The van der Waals surface area contributed by atoms with Crippen LogP contribution in [-0.4, -0.2) is 48.4 Å². The van der Waals surface area contributed by atoms with Crippen molar-refractivity contribution in [3.8, 4) is 0 Å². The maximum Gasteiger partial charge on any atom is 0.225 e. The van der Waals surface area contributed by atoms with Crippen molar-refractivity contribution >= 4 is 23.2 Å². The van der Waals surface area contributed by atoms with Gasteiger partial charge in [0.25, 0.3) is 0 Å². The summed E-state index contributed by atoms with van der Waals surface area (Å²) in [4.78, 5) is 17.1. The highest BCUT2D eigenvalue weighted by atomic mass is 35.5. The van der Waals surface area contributed by atoms with Crippen LogP contribution in [-0.2, 0) is 11.3 Å². The van der Waals surface area contributed by atoms with E-state index in [0.29, 0.717) is 11.4 Å². The summed E-state index contributed by atoms with van der Waals surface area (Å²) in [5.41, 5.74) is 3.18. The van der Waals surface area contributed by atoms with E-state index in [-0.39, 0.29) is 5.91 Å². The monoisotopic (exact) mass is 371 g/mol. The SMILES string of the molecule is Cc1ccc(Cl)cc1NC(=O)CCN1CCN(Cc2ccccc2)CC1. The number of amides is 1. The van der Waals surface area contributed by atoms with Crippen molar-refractivity contribution in [3.63, 3.8) is 0 Å². The second kappa shape index (κ2) is 9.17. The molecule has 1 heterocycles. The lowest BCUT2D eigenvalue weighted by Gasteiger charge is -2.34. The van der Waals surface area contributed by atoms with Crippen LogP contribution in [0.5, 0.6) is 0 Å². The zero-order valence-corrected chi connectivity index (χ0v) is 16.0. The third-order valence-electron chi connectivity index (χ3n) is 4.84. The Labute approximate surface area is 160 Å². The molecule has 1 amide bonds. The Morgan fingerprint density at radius 3 is 2.46 bits per heavy atom. The van der Waals surface area contributed by atoms with Gasteiger partial charge in [-0.1, -0.05) is 48.0 Å². The maximum absolute atomic E-state index is 12.2. The molecule has 1 aliphatic heterocycles. The summed E-state index contributed by atoms with van der Waals surface area (Å²) in [7, 11) is 0. The topological polar surface area (TPSA) is 35.6 Å². The minimum absolute atomic E-state index is 0.0436. The quantitative estimate of drug-likeness (QED) is 0.839. The van der Waals surface area contributed by atoms with Crippen LogP contribution >= 0.6 is 11.6 Å². The summed E-state index contributed by atoms with van der Waals surface area (Å²) < 4.78 is 0. The van der Waals surface area contributed by atoms with Crippen LogP contribution < -0.4 is 5.32 Å². The van der Waals surface area contributed by atoms with Gasteiger partial charge in [0.05, 0.1) is 0 Å². The fourth-order valence-electron chi connectivity index (χ4n) is 3.21. The van der Waals surface area contributed by atoms with Crippen LogP contribution in [0.15, 0.2) is 48.5 Å². The van der Waals surface area contributed by atoms with Crippen molar-refractivity contribution in [3.05, 3.63) is 64.7 Å². The highest BCUT2D eigenvalue weighted by Gasteiger charge is 2.17. The van der Waals surface area contributed by atoms with Crippen molar-refractivity contribution in [1.29, 1.82) is 0 Å². The van der Waals surface area contributed by atoms with Gasteiger partial charge in [-0.15, -0.1) is 0 Å². The minimum atomic E-state index is 0.0436. The molecule has 3 rings (SSSR count). The normalized spacial score (nSPS) is 15.8. The molecular formula is C21H26ClN3O. The average molecular weight is 372 g/mol. The summed E-state index contributed by atoms with van der Waals surface area (Å²) in [5.74, 6) is 0.0436. The van der Waals surface area contributed by atoms with Gasteiger partial charge in [-0.25, -0.2) is 0 Å². The van der Waals surface area contributed by atoms with E-state index >= 15 is 0 Å². The van der Waals surface area contributed by atoms with Gasteiger partial charge in [0.1, 0.15) is 0 Å². The minimum Gasteiger partial charge on any atom is -0.326 e. The molecular weight excluding hydrogens is 346 g/mol. The molecule has 0 spiro atoms. The Bertz CT molecular complexity index is 727. The number of piperazine rings is 1. The lowest BCUT2D eigenvalue weighted by molar-refractivity contribution is -0.116. The van der Waals surface area contributed by atoms with Gasteiger partial charge in [0.15, 0.2) is 0 Å². The number of halogens is 1. The molecule has 1 fully saturated rings. The molecule has 0 aromatic heterocycles. The zero-order valence-electron chi connectivity index (χ0n) is 15.2. The predicted molar refractivity (Wildman–Crippen MR) is 108 cm³/mol. The maximum atomic E-state index is 12.2. The second-order valence-corrected chi connectivity index (χ2v) is 7.30. The van der Waals surface area contributed by atoms with Gasteiger partial charge < -0.3 is 10.2 Å². The first-order chi connectivity index (χ1) is 12.6. The molecule has 0 bridgehead atoms. The summed E-state index contributed by atoms with van der Waals surface area (Å²) in [5, 5.41) is 3.61.